The summed E-state index contributed by atoms with van der Waals surface area (Å²) < 4.78 is 27.2. The normalized spacial score (nSPS) is 13.9. The maximum Gasteiger partial charge on any atom is 0.191 e. The Hall–Kier alpha value is -1.12. The van der Waals surface area contributed by atoms with Gasteiger partial charge in [0.15, 0.2) is 5.96 Å². The number of nitrogens with one attached hydrogen (secondary N) is 2. The van der Waals surface area contributed by atoms with Crippen molar-refractivity contribution in [1.82, 2.24) is 10.6 Å². The van der Waals surface area contributed by atoms with Crippen molar-refractivity contribution < 1.29 is 13.2 Å². The summed E-state index contributed by atoms with van der Waals surface area (Å²) in [6, 6.07) is 4.29. The summed E-state index contributed by atoms with van der Waals surface area (Å²) in [5.74, 6) is 0.778. The van der Waals surface area contributed by atoms with Crippen LogP contribution in [0.15, 0.2) is 22.5 Å². The number of ether oxygens (including phenoxy) is 1. The van der Waals surface area contributed by atoms with Gasteiger partial charge in [0.1, 0.15) is 9.84 Å². The minimum atomic E-state index is -2.96. The molecule has 6 nitrogen and oxygen atoms in total. The van der Waals surface area contributed by atoms with Gasteiger partial charge in [-0.05, 0) is 25.3 Å². The van der Waals surface area contributed by atoms with Gasteiger partial charge in [-0.1, -0.05) is 6.07 Å². The number of aliphatic imine (C=N–C) groups is 1. The van der Waals surface area contributed by atoms with Gasteiger partial charge in [0, 0.05) is 17.7 Å². The van der Waals surface area contributed by atoms with Gasteiger partial charge in [0.25, 0.3) is 0 Å². The fourth-order valence-corrected chi connectivity index (χ4v) is 2.82. The summed E-state index contributed by atoms with van der Waals surface area (Å²) in [7, 11) is -2.96. The van der Waals surface area contributed by atoms with E-state index in [1.807, 2.05) is 18.4 Å². The van der Waals surface area contributed by atoms with Crippen LogP contribution in [-0.4, -0.2) is 52.7 Å². The SMILES string of the molecule is CCNC(=NCCOCCS(C)(=O)=O)NC(C)c1cccs1. The van der Waals surface area contributed by atoms with Gasteiger partial charge in [0.2, 0.25) is 0 Å². The van der Waals surface area contributed by atoms with Gasteiger partial charge in [0.05, 0.1) is 31.6 Å². The monoisotopic (exact) mass is 347 g/mol. The largest absolute Gasteiger partial charge is 0.378 e. The van der Waals surface area contributed by atoms with Crippen molar-refractivity contribution in [3.05, 3.63) is 22.4 Å². The van der Waals surface area contributed by atoms with E-state index < -0.39 is 9.84 Å². The Balaban J connectivity index is 2.35. The first-order valence-corrected chi connectivity index (χ1v) is 10.2. The van der Waals surface area contributed by atoms with Crippen molar-refractivity contribution in [3.8, 4) is 0 Å². The van der Waals surface area contributed by atoms with Gasteiger partial charge in [-0.2, -0.15) is 0 Å². The van der Waals surface area contributed by atoms with Crippen LogP contribution >= 0.6 is 11.3 Å². The van der Waals surface area contributed by atoms with Crippen LogP contribution in [0, 0.1) is 0 Å². The van der Waals surface area contributed by atoms with Crippen molar-refractivity contribution in [2.75, 3.05) is 38.3 Å². The molecule has 0 aliphatic heterocycles. The second kappa shape index (κ2) is 9.81. The Morgan fingerprint density at radius 3 is 2.82 bits per heavy atom. The zero-order chi connectivity index (χ0) is 16.4. The molecule has 0 aromatic carbocycles. The van der Waals surface area contributed by atoms with Crippen LogP contribution in [0.3, 0.4) is 0 Å². The summed E-state index contributed by atoms with van der Waals surface area (Å²) in [4.78, 5) is 5.67. The molecule has 0 radical (unpaired) electrons. The number of nitrogens with zero attached hydrogens (tertiary/aromatic N) is 1. The Bertz CT molecular complexity index is 542. The highest BCUT2D eigenvalue weighted by Crippen LogP contribution is 2.17. The smallest absolute Gasteiger partial charge is 0.191 e. The highest BCUT2D eigenvalue weighted by Gasteiger charge is 2.08. The van der Waals surface area contributed by atoms with E-state index in [0.717, 1.165) is 12.5 Å². The lowest BCUT2D eigenvalue weighted by molar-refractivity contribution is 0.157. The van der Waals surface area contributed by atoms with Crippen molar-refractivity contribution in [3.63, 3.8) is 0 Å². The van der Waals surface area contributed by atoms with Crippen molar-refractivity contribution in [1.29, 1.82) is 0 Å². The van der Waals surface area contributed by atoms with Gasteiger partial charge in [-0.3, -0.25) is 4.99 Å². The Morgan fingerprint density at radius 1 is 1.45 bits per heavy atom. The molecule has 0 aliphatic rings. The van der Waals surface area contributed by atoms with Gasteiger partial charge >= 0.3 is 0 Å². The van der Waals surface area contributed by atoms with Crippen LogP contribution in [0.2, 0.25) is 0 Å². The second-order valence-electron chi connectivity index (χ2n) is 4.88. The van der Waals surface area contributed by atoms with Gasteiger partial charge < -0.3 is 15.4 Å². The minimum Gasteiger partial charge on any atom is -0.378 e. The van der Waals surface area contributed by atoms with Crippen LogP contribution in [0.5, 0.6) is 0 Å². The van der Waals surface area contributed by atoms with Crippen LogP contribution in [0.25, 0.3) is 0 Å². The molecule has 0 aliphatic carbocycles. The molecule has 0 spiro atoms. The number of hydrogen-bond donors (Lipinski definition) is 2. The lowest BCUT2D eigenvalue weighted by Crippen LogP contribution is -2.38. The van der Waals surface area contributed by atoms with E-state index in [1.54, 1.807) is 11.3 Å². The Morgan fingerprint density at radius 2 is 2.23 bits per heavy atom. The van der Waals surface area contributed by atoms with Crippen molar-refractivity contribution in [2.24, 2.45) is 4.99 Å². The molecule has 0 fully saturated rings. The molecule has 0 saturated heterocycles. The van der Waals surface area contributed by atoms with E-state index in [9.17, 15) is 8.42 Å². The van der Waals surface area contributed by atoms with Crippen LogP contribution in [-0.2, 0) is 14.6 Å². The van der Waals surface area contributed by atoms with Gasteiger partial charge in [-0.25, -0.2) is 8.42 Å². The van der Waals surface area contributed by atoms with Crippen LogP contribution in [0.4, 0.5) is 0 Å². The van der Waals surface area contributed by atoms with E-state index in [0.29, 0.717) is 13.2 Å². The molecule has 1 heterocycles. The van der Waals surface area contributed by atoms with Gasteiger partial charge in [-0.15, -0.1) is 11.3 Å². The third-order valence-corrected chi connectivity index (χ3v) is 4.73. The van der Waals surface area contributed by atoms with E-state index in [4.69, 9.17) is 4.74 Å². The first-order chi connectivity index (χ1) is 10.4. The predicted octanol–water partition coefficient (Wildman–Crippen LogP) is 1.43. The summed E-state index contributed by atoms with van der Waals surface area (Å²) in [6.45, 7) is 5.97. The molecule has 126 valence electrons. The highest BCUT2D eigenvalue weighted by atomic mass is 32.2. The molecule has 1 unspecified atom stereocenters. The lowest BCUT2D eigenvalue weighted by Gasteiger charge is -2.16. The third-order valence-electron chi connectivity index (χ3n) is 2.77. The number of hydrogen-bond acceptors (Lipinski definition) is 5. The van der Waals surface area contributed by atoms with E-state index in [1.165, 1.54) is 11.1 Å². The number of rotatable bonds is 9. The molecule has 2 N–H and O–H groups in total. The van der Waals surface area contributed by atoms with E-state index >= 15 is 0 Å². The minimum absolute atomic E-state index is 0.0461. The molecule has 1 aromatic heterocycles. The number of sulfone groups is 1. The topological polar surface area (TPSA) is 79.8 Å². The predicted molar refractivity (Wildman–Crippen MR) is 92.4 cm³/mol. The fourth-order valence-electron chi connectivity index (χ4n) is 1.67. The molecule has 1 atom stereocenters. The van der Waals surface area contributed by atoms with Crippen LogP contribution < -0.4 is 10.6 Å². The molecular weight excluding hydrogens is 322 g/mol. The first kappa shape index (κ1) is 18.9. The molecule has 1 aromatic rings. The third kappa shape index (κ3) is 8.35. The molecule has 8 heteroatoms. The molecule has 1 rings (SSSR count). The molecule has 0 bridgehead atoms. The Kier molecular flexibility index (Phi) is 8.44. The highest BCUT2D eigenvalue weighted by molar-refractivity contribution is 7.90. The van der Waals surface area contributed by atoms with Crippen LogP contribution in [0.1, 0.15) is 24.8 Å². The number of guanidine groups is 1. The Labute approximate surface area is 136 Å². The quantitative estimate of drug-likeness (QED) is 0.401. The summed E-state index contributed by atoms with van der Waals surface area (Å²) in [5, 5.41) is 8.56. The molecule has 22 heavy (non-hydrogen) atoms. The van der Waals surface area contributed by atoms with E-state index in [2.05, 4.69) is 28.6 Å². The molecule has 0 saturated carbocycles. The maximum absolute atomic E-state index is 11.0. The summed E-state index contributed by atoms with van der Waals surface area (Å²) >= 11 is 1.70. The molecule has 0 amide bonds. The zero-order valence-electron chi connectivity index (χ0n) is 13.3. The van der Waals surface area contributed by atoms with Crippen molar-refractivity contribution in [2.45, 2.75) is 19.9 Å². The second-order valence-corrected chi connectivity index (χ2v) is 8.12. The standard InChI is InChI=1S/C14H25N3O3S2/c1-4-15-14(17-12(2)13-6-5-10-21-13)16-7-8-20-9-11-22(3,18)19/h5-6,10,12H,4,7-9,11H2,1-3H3,(H2,15,16,17). The van der Waals surface area contributed by atoms with Crippen molar-refractivity contribution >= 4 is 27.1 Å². The first-order valence-electron chi connectivity index (χ1n) is 7.26. The average Bonchev–Trinajstić information content (AvgIpc) is 2.95. The molecular formula is C14H25N3O3S2. The fraction of sp³-hybridized carbons (Fsp3) is 0.643. The van der Waals surface area contributed by atoms with E-state index in [-0.39, 0.29) is 18.4 Å². The average molecular weight is 348 g/mol. The maximum atomic E-state index is 11.0. The lowest BCUT2D eigenvalue weighted by atomic mass is 10.3. The zero-order valence-corrected chi connectivity index (χ0v) is 15.0. The number of thiophene rings is 1. The summed E-state index contributed by atoms with van der Waals surface area (Å²) in [5.41, 5.74) is 0. The summed E-state index contributed by atoms with van der Waals surface area (Å²) in [6.07, 6.45) is 1.20.